The molecule has 1 N–H and O–H groups in total. The fourth-order valence-corrected chi connectivity index (χ4v) is 3.22. The van der Waals surface area contributed by atoms with Crippen LogP contribution in [0.4, 0.5) is 13.2 Å². The van der Waals surface area contributed by atoms with Gasteiger partial charge in [0.1, 0.15) is 0 Å². The molecular weight excluding hydrogens is 275 g/mol. The molecule has 1 fully saturated rings. The predicted octanol–water partition coefficient (Wildman–Crippen LogP) is 4.66. The van der Waals surface area contributed by atoms with Crippen molar-refractivity contribution in [3.63, 3.8) is 0 Å². The number of alkyl halides is 3. The molecular formula is C17H24F3N. The monoisotopic (exact) mass is 299 g/mol. The van der Waals surface area contributed by atoms with Crippen LogP contribution in [-0.2, 0) is 12.6 Å². The van der Waals surface area contributed by atoms with Crippen molar-refractivity contribution < 1.29 is 13.2 Å². The number of halogens is 3. The third-order valence-electron chi connectivity index (χ3n) is 4.36. The van der Waals surface area contributed by atoms with E-state index in [1.165, 1.54) is 25.0 Å². The van der Waals surface area contributed by atoms with Gasteiger partial charge >= 0.3 is 6.18 Å². The standard InChI is InChI=1S/C17H24F3N/c1-12(2)21-11-15-7-4-6-14(15)9-13-5-3-8-16(10-13)17(18,19)20/h3,5,8,10,12,14-15,21H,4,6-7,9,11H2,1-2H3. The average molecular weight is 299 g/mol. The largest absolute Gasteiger partial charge is 0.416 e. The van der Waals surface area contributed by atoms with Crippen molar-refractivity contribution in [2.75, 3.05) is 6.54 Å². The number of nitrogens with one attached hydrogen (secondary N) is 1. The fourth-order valence-electron chi connectivity index (χ4n) is 3.22. The zero-order chi connectivity index (χ0) is 15.5. The Hall–Kier alpha value is -1.03. The Morgan fingerprint density at radius 1 is 1.19 bits per heavy atom. The molecule has 1 aromatic rings. The molecule has 0 radical (unpaired) electrons. The summed E-state index contributed by atoms with van der Waals surface area (Å²) in [6, 6.07) is 6.26. The molecule has 4 heteroatoms. The molecule has 1 saturated carbocycles. The van der Waals surface area contributed by atoms with Gasteiger partial charge in [0.05, 0.1) is 5.56 Å². The van der Waals surface area contributed by atoms with Crippen LogP contribution in [0.1, 0.15) is 44.2 Å². The summed E-state index contributed by atoms with van der Waals surface area (Å²) >= 11 is 0. The first-order valence-corrected chi connectivity index (χ1v) is 7.76. The zero-order valence-corrected chi connectivity index (χ0v) is 12.7. The van der Waals surface area contributed by atoms with Gasteiger partial charge in [0.2, 0.25) is 0 Å². The molecule has 0 aromatic heterocycles. The van der Waals surface area contributed by atoms with Crippen molar-refractivity contribution in [1.82, 2.24) is 5.32 Å². The lowest BCUT2D eigenvalue weighted by Crippen LogP contribution is -2.31. The molecule has 118 valence electrons. The van der Waals surface area contributed by atoms with Crippen molar-refractivity contribution in [3.05, 3.63) is 35.4 Å². The first kappa shape index (κ1) is 16.3. The van der Waals surface area contributed by atoms with Crippen LogP contribution >= 0.6 is 0 Å². The molecule has 0 aliphatic heterocycles. The molecule has 0 bridgehead atoms. The summed E-state index contributed by atoms with van der Waals surface area (Å²) in [6.07, 6.45) is 0.0107. The summed E-state index contributed by atoms with van der Waals surface area (Å²) in [6.45, 7) is 5.22. The van der Waals surface area contributed by atoms with Gasteiger partial charge in [0.15, 0.2) is 0 Å². The van der Waals surface area contributed by atoms with Crippen molar-refractivity contribution >= 4 is 0 Å². The van der Waals surface area contributed by atoms with Crippen molar-refractivity contribution in [1.29, 1.82) is 0 Å². The highest BCUT2D eigenvalue weighted by molar-refractivity contribution is 5.26. The second-order valence-corrected chi connectivity index (χ2v) is 6.42. The van der Waals surface area contributed by atoms with Crippen LogP contribution in [0.5, 0.6) is 0 Å². The molecule has 1 aliphatic rings. The quantitative estimate of drug-likeness (QED) is 0.833. The predicted molar refractivity (Wildman–Crippen MR) is 79.1 cm³/mol. The molecule has 1 nitrogen and oxygen atoms in total. The Bertz CT molecular complexity index is 454. The van der Waals surface area contributed by atoms with Crippen LogP contribution in [0.25, 0.3) is 0 Å². The maximum Gasteiger partial charge on any atom is 0.416 e. The highest BCUT2D eigenvalue weighted by Gasteiger charge is 2.31. The third kappa shape index (κ3) is 4.73. The van der Waals surface area contributed by atoms with E-state index in [0.717, 1.165) is 31.0 Å². The molecule has 2 rings (SSSR count). The van der Waals surface area contributed by atoms with Crippen LogP contribution in [0.15, 0.2) is 24.3 Å². The normalized spacial score (nSPS) is 23.0. The smallest absolute Gasteiger partial charge is 0.314 e. The van der Waals surface area contributed by atoms with Crippen molar-refractivity contribution in [2.24, 2.45) is 11.8 Å². The summed E-state index contributed by atoms with van der Waals surface area (Å²) in [5.41, 5.74) is 0.279. The molecule has 1 aliphatic carbocycles. The van der Waals surface area contributed by atoms with Gasteiger partial charge in [0.25, 0.3) is 0 Å². The van der Waals surface area contributed by atoms with Crippen LogP contribution < -0.4 is 5.32 Å². The van der Waals surface area contributed by atoms with Gasteiger partial charge in [-0.2, -0.15) is 13.2 Å². The van der Waals surface area contributed by atoms with E-state index in [4.69, 9.17) is 0 Å². The van der Waals surface area contributed by atoms with Crippen molar-refractivity contribution in [3.8, 4) is 0 Å². The van der Waals surface area contributed by atoms with E-state index in [9.17, 15) is 13.2 Å². The third-order valence-corrected chi connectivity index (χ3v) is 4.36. The molecule has 0 amide bonds. The van der Waals surface area contributed by atoms with Gasteiger partial charge in [-0.05, 0) is 49.3 Å². The van der Waals surface area contributed by atoms with E-state index in [1.807, 2.05) is 6.07 Å². The van der Waals surface area contributed by atoms with Gasteiger partial charge in [0, 0.05) is 6.04 Å². The lowest BCUT2D eigenvalue weighted by Gasteiger charge is -2.22. The Balaban J connectivity index is 2.00. The maximum atomic E-state index is 12.8. The Labute approximate surface area is 124 Å². The molecule has 0 saturated heterocycles. The SMILES string of the molecule is CC(C)NCC1CCCC1Cc1cccc(C(F)(F)F)c1. The first-order chi connectivity index (χ1) is 9.86. The highest BCUT2D eigenvalue weighted by atomic mass is 19.4. The van der Waals surface area contributed by atoms with E-state index >= 15 is 0 Å². The second-order valence-electron chi connectivity index (χ2n) is 6.42. The highest BCUT2D eigenvalue weighted by Crippen LogP contribution is 2.35. The van der Waals surface area contributed by atoms with E-state index in [1.54, 1.807) is 0 Å². The average Bonchev–Trinajstić information content (AvgIpc) is 2.83. The number of benzene rings is 1. The number of hydrogen-bond donors (Lipinski definition) is 1. The number of rotatable bonds is 5. The Morgan fingerprint density at radius 2 is 1.90 bits per heavy atom. The van der Waals surface area contributed by atoms with Gasteiger partial charge in [-0.3, -0.25) is 0 Å². The van der Waals surface area contributed by atoms with E-state index < -0.39 is 11.7 Å². The minimum Gasteiger partial charge on any atom is -0.314 e. The van der Waals surface area contributed by atoms with Crippen LogP contribution in [0.2, 0.25) is 0 Å². The summed E-state index contributed by atoms with van der Waals surface area (Å²) in [7, 11) is 0. The van der Waals surface area contributed by atoms with Gasteiger partial charge in [-0.25, -0.2) is 0 Å². The molecule has 1 aromatic carbocycles. The minimum atomic E-state index is -4.25. The fraction of sp³-hybridized carbons (Fsp3) is 0.647. The van der Waals surface area contributed by atoms with E-state index in [-0.39, 0.29) is 0 Å². The summed E-state index contributed by atoms with van der Waals surface area (Å²) in [5, 5.41) is 3.46. The van der Waals surface area contributed by atoms with Crippen LogP contribution in [-0.4, -0.2) is 12.6 Å². The first-order valence-electron chi connectivity index (χ1n) is 7.76. The van der Waals surface area contributed by atoms with Crippen molar-refractivity contribution in [2.45, 2.75) is 51.7 Å². The Kier molecular flexibility index (Phi) is 5.31. The number of hydrogen-bond acceptors (Lipinski definition) is 1. The van der Waals surface area contributed by atoms with Gasteiger partial charge in [-0.15, -0.1) is 0 Å². The molecule has 21 heavy (non-hydrogen) atoms. The summed E-state index contributed by atoms with van der Waals surface area (Å²) < 4.78 is 38.3. The van der Waals surface area contributed by atoms with E-state index in [0.29, 0.717) is 17.9 Å². The topological polar surface area (TPSA) is 12.0 Å². The lowest BCUT2D eigenvalue weighted by atomic mass is 9.89. The summed E-state index contributed by atoms with van der Waals surface area (Å²) in [4.78, 5) is 0. The lowest BCUT2D eigenvalue weighted by molar-refractivity contribution is -0.137. The molecule has 2 atom stereocenters. The van der Waals surface area contributed by atoms with Crippen LogP contribution in [0.3, 0.4) is 0 Å². The minimum absolute atomic E-state index is 0.458. The van der Waals surface area contributed by atoms with Gasteiger partial charge in [-0.1, -0.05) is 38.5 Å². The van der Waals surface area contributed by atoms with Crippen LogP contribution in [0, 0.1) is 11.8 Å². The molecule has 0 heterocycles. The summed E-state index contributed by atoms with van der Waals surface area (Å²) in [5.74, 6) is 1.08. The molecule has 0 spiro atoms. The maximum absolute atomic E-state index is 12.8. The second kappa shape index (κ2) is 6.82. The Morgan fingerprint density at radius 3 is 2.57 bits per heavy atom. The molecule has 2 unspecified atom stereocenters. The van der Waals surface area contributed by atoms with E-state index in [2.05, 4.69) is 19.2 Å². The van der Waals surface area contributed by atoms with Gasteiger partial charge < -0.3 is 5.32 Å². The zero-order valence-electron chi connectivity index (χ0n) is 12.7.